The van der Waals surface area contributed by atoms with Crippen molar-refractivity contribution < 1.29 is 0 Å². The van der Waals surface area contributed by atoms with Crippen LogP contribution in [-0.2, 0) is 6.42 Å². The summed E-state index contributed by atoms with van der Waals surface area (Å²) in [6.45, 7) is 2.68. The fourth-order valence-electron chi connectivity index (χ4n) is 2.42. The third-order valence-electron chi connectivity index (χ3n) is 3.35. The van der Waals surface area contributed by atoms with Gasteiger partial charge in [0.1, 0.15) is 5.65 Å². The SMILES string of the molecule is Cc1ccn2c(-c3ccc(Br)cc3)c(CCN)nc2c1. The zero-order valence-electron chi connectivity index (χ0n) is 11.3. The molecular weight excluding hydrogens is 314 g/mol. The lowest BCUT2D eigenvalue weighted by molar-refractivity contribution is 0.939. The van der Waals surface area contributed by atoms with Crippen LogP contribution in [0.25, 0.3) is 16.9 Å². The summed E-state index contributed by atoms with van der Waals surface area (Å²) in [4.78, 5) is 4.73. The molecule has 0 unspecified atom stereocenters. The molecule has 102 valence electrons. The lowest BCUT2D eigenvalue weighted by atomic mass is 10.1. The zero-order chi connectivity index (χ0) is 14.1. The second-order valence-corrected chi connectivity index (χ2v) is 5.80. The number of halogens is 1. The second-order valence-electron chi connectivity index (χ2n) is 4.88. The van der Waals surface area contributed by atoms with E-state index in [-0.39, 0.29) is 0 Å². The number of benzene rings is 1. The van der Waals surface area contributed by atoms with Gasteiger partial charge in [-0.3, -0.25) is 4.40 Å². The molecule has 0 saturated heterocycles. The van der Waals surface area contributed by atoms with Crippen LogP contribution in [0.5, 0.6) is 0 Å². The summed E-state index contributed by atoms with van der Waals surface area (Å²) in [6, 6.07) is 12.5. The number of aryl methyl sites for hydroxylation is 1. The van der Waals surface area contributed by atoms with E-state index in [1.165, 1.54) is 5.56 Å². The average Bonchev–Trinajstić information content (AvgIpc) is 2.77. The number of aromatic nitrogens is 2. The zero-order valence-corrected chi connectivity index (χ0v) is 12.9. The Kier molecular flexibility index (Phi) is 3.59. The highest BCUT2D eigenvalue weighted by Crippen LogP contribution is 2.27. The Morgan fingerprint density at radius 1 is 1.20 bits per heavy atom. The highest BCUT2D eigenvalue weighted by molar-refractivity contribution is 9.10. The Labute approximate surface area is 126 Å². The molecule has 0 atom stereocenters. The van der Waals surface area contributed by atoms with Crippen LogP contribution in [0, 0.1) is 6.92 Å². The molecular formula is C16H16BrN3. The molecule has 1 aromatic carbocycles. The van der Waals surface area contributed by atoms with Crippen molar-refractivity contribution in [2.75, 3.05) is 6.54 Å². The number of pyridine rings is 1. The number of fused-ring (bicyclic) bond motifs is 1. The topological polar surface area (TPSA) is 43.3 Å². The summed E-state index contributed by atoms with van der Waals surface area (Å²) in [5, 5.41) is 0. The molecule has 3 aromatic rings. The molecule has 20 heavy (non-hydrogen) atoms. The van der Waals surface area contributed by atoms with Crippen LogP contribution in [0.15, 0.2) is 47.1 Å². The van der Waals surface area contributed by atoms with Gasteiger partial charge in [0, 0.05) is 22.7 Å². The number of hydrogen-bond donors (Lipinski definition) is 1. The number of nitrogens with zero attached hydrogens (tertiary/aromatic N) is 2. The van der Waals surface area contributed by atoms with Gasteiger partial charge in [0.2, 0.25) is 0 Å². The van der Waals surface area contributed by atoms with Crippen LogP contribution in [-0.4, -0.2) is 15.9 Å². The minimum atomic E-state index is 0.604. The Morgan fingerprint density at radius 2 is 1.95 bits per heavy atom. The van der Waals surface area contributed by atoms with Crippen molar-refractivity contribution in [2.24, 2.45) is 5.73 Å². The van der Waals surface area contributed by atoms with E-state index in [0.29, 0.717) is 6.54 Å². The van der Waals surface area contributed by atoms with Crippen molar-refractivity contribution in [3.8, 4) is 11.3 Å². The molecule has 0 amide bonds. The molecule has 3 rings (SSSR count). The maximum Gasteiger partial charge on any atom is 0.137 e. The number of rotatable bonds is 3. The fourth-order valence-corrected chi connectivity index (χ4v) is 2.68. The van der Waals surface area contributed by atoms with E-state index in [0.717, 1.165) is 33.5 Å². The van der Waals surface area contributed by atoms with Crippen LogP contribution < -0.4 is 5.73 Å². The van der Waals surface area contributed by atoms with E-state index in [9.17, 15) is 0 Å². The summed E-state index contributed by atoms with van der Waals surface area (Å²) in [5.41, 5.74) is 11.3. The molecule has 2 N–H and O–H groups in total. The Bertz CT molecular complexity index is 744. The minimum Gasteiger partial charge on any atom is -0.330 e. The van der Waals surface area contributed by atoms with Gasteiger partial charge in [-0.05, 0) is 43.3 Å². The molecule has 3 nitrogen and oxygen atoms in total. The van der Waals surface area contributed by atoms with Crippen LogP contribution in [0.2, 0.25) is 0 Å². The first kappa shape index (κ1) is 13.3. The van der Waals surface area contributed by atoms with E-state index in [1.54, 1.807) is 0 Å². The monoisotopic (exact) mass is 329 g/mol. The highest BCUT2D eigenvalue weighted by Gasteiger charge is 2.13. The molecule has 0 fully saturated rings. The Morgan fingerprint density at radius 3 is 2.65 bits per heavy atom. The summed E-state index contributed by atoms with van der Waals surface area (Å²) in [6.07, 6.45) is 2.86. The molecule has 0 spiro atoms. The van der Waals surface area contributed by atoms with Gasteiger partial charge in [0.25, 0.3) is 0 Å². The van der Waals surface area contributed by atoms with Crippen molar-refractivity contribution in [3.63, 3.8) is 0 Å². The maximum atomic E-state index is 5.73. The van der Waals surface area contributed by atoms with Gasteiger partial charge in [-0.15, -0.1) is 0 Å². The Hall–Kier alpha value is -1.65. The number of hydrogen-bond acceptors (Lipinski definition) is 2. The van der Waals surface area contributed by atoms with Crippen molar-refractivity contribution in [2.45, 2.75) is 13.3 Å². The molecule has 2 heterocycles. The molecule has 0 saturated carbocycles. The van der Waals surface area contributed by atoms with Crippen molar-refractivity contribution in [1.82, 2.24) is 9.38 Å². The predicted molar refractivity (Wildman–Crippen MR) is 85.8 cm³/mol. The van der Waals surface area contributed by atoms with Crippen LogP contribution in [0.4, 0.5) is 0 Å². The molecule has 4 heteroatoms. The number of nitrogens with two attached hydrogens (primary N) is 1. The molecule has 0 radical (unpaired) electrons. The second kappa shape index (κ2) is 5.38. The summed E-state index contributed by atoms with van der Waals surface area (Å²) < 4.78 is 3.22. The van der Waals surface area contributed by atoms with Gasteiger partial charge in [-0.25, -0.2) is 4.98 Å². The van der Waals surface area contributed by atoms with Gasteiger partial charge in [-0.1, -0.05) is 28.1 Å². The molecule has 2 aromatic heterocycles. The van der Waals surface area contributed by atoms with E-state index in [2.05, 4.69) is 69.8 Å². The van der Waals surface area contributed by atoms with Gasteiger partial charge >= 0.3 is 0 Å². The van der Waals surface area contributed by atoms with Gasteiger partial charge in [0.05, 0.1) is 11.4 Å². The van der Waals surface area contributed by atoms with Crippen molar-refractivity contribution in [1.29, 1.82) is 0 Å². The van der Waals surface area contributed by atoms with Crippen LogP contribution in [0.3, 0.4) is 0 Å². The van der Waals surface area contributed by atoms with Crippen LogP contribution in [0.1, 0.15) is 11.3 Å². The van der Waals surface area contributed by atoms with E-state index in [4.69, 9.17) is 10.7 Å². The maximum absolute atomic E-state index is 5.73. The lowest BCUT2D eigenvalue weighted by Crippen LogP contribution is -2.04. The van der Waals surface area contributed by atoms with E-state index >= 15 is 0 Å². The van der Waals surface area contributed by atoms with E-state index < -0.39 is 0 Å². The predicted octanol–water partition coefficient (Wildman–Crippen LogP) is 3.57. The largest absolute Gasteiger partial charge is 0.330 e. The first-order valence-electron chi connectivity index (χ1n) is 6.62. The first-order valence-corrected chi connectivity index (χ1v) is 7.42. The normalized spacial score (nSPS) is 11.2. The third-order valence-corrected chi connectivity index (χ3v) is 3.88. The van der Waals surface area contributed by atoms with Gasteiger partial charge in [0.15, 0.2) is 0 Å². The van der Waals surface area contributed by atoms with Gasteiger partial charge in [-0.2, -0.15) is 0 Å². The van der Waals surface area contributed by atoms with Gasteiger partial charge < -0.3 is 5.73 Å². The molecule has 0 aliphatic heterocycles. The Balaban J connectivity index is 2.25. The molecule has 0 aliphatic carbocycles. The lowest BCUT2D eigenvalue weighted by Gasteiger charge is -2.05. The average molecular weight is 330 g/mol. The van der Waals surface area contributed by atoms with Crippen molar-refractivity contribution >= 4 is 21.6 Å². The van der Waals surface area contributed by atoms with Crippen molar-refractivity contribution in [3.05, 3.63) is 58.3 Å². The highest BCUT2D eigenvalue weighted by atomic mass is 79.9. The summed E-state index contributed by atoms with van der Waals surface area (Å²) in [5.74, 6) is 0. The molecule has 0 bridgehead atoms. The molecule has 0 aliphatic rings. The standard InChI is InChI=1S/C16H16BrN3/c1-11-7-9-20-15(10-11)19-14(6-8-18)16(20)12-2-4-13(17)5-3-12/h2-5,7,9-10H,6,8,18H2,1H3. The summed E-state index contributed by atoms with van der Waals surface area (Å²) in [7, 11) is 0. The summed E-state index contributed by atoms with van der Waals surface area (Å²) >= 11 is 3.47. The minimum absolute atomic E-state index is 0.604. The first-order chi connectivity index (χ1) is 9.69. The third kappa shape index (κ3) is 2.37. The smallest absolute Gasteiger partial charge is 0.137 e. The van der Waals surface area contributed by atoms with Crippen LogP contribution >= 0.6 is 15.9 Å². The quantitative estimate of drug-likeness (QED) is 0.798. The fraction of sp³-hybridized carbons (Fsp3) is 0.188. The number of imidazole rings is 1. The van der Waals surface area contributed by atoms with E-state index in [1.807, 2.05) is 0 Å².